The molecule has 2 rings (SSSR count). The molecular weight excluding hydrogens is 328 g/mol. The quantitative estimate of drug-likeness (QED) is 0.354. The Morgan fingerprint density at radius 3 is 2.77 bits per heavy atom. The molecule has 0 bridgehead atoms. The van der Waals surface area contributed by atoms with E-state index in [2.05, 4.69) is 17.6 Å². The predicted molar refractivity (Wildman–Crippen MR) is 106 cm³/mol. The summed E-state index contributed by atoms with van der Waals surface area (Å²) in [5.41, 5.74) is 0.344. The Kier molecular flexibility index (Phi) is 9.23. The van der Waals surface area contributed by atoms with Gasteiger partial charge in [-0.3, -0.25) is 9.79 Å². The highest BCUT2D eigenvalue weighted by Gasteiger charge is 2.36. The van der Waals surface area contributed by atoms with Gasteiger partial charge in [0.1, 0.15) is 0 Å². The number of aliphatic imine (C=N–C) groups is 1. The van der Waals surface area contributed by atoms with E-state index >= 15 is 0 Å². The van der Waals surface area contributed by atoms with Gasteiger partial charge in [0.25, 0.3) is 0 Å². The molecule has 0 atom stereocenters. The van der Waals surface area contributed by atoms with Crippen LogP contribution in [0.15, 0.2) is 4.99 Å². The standard InChI is InChI=1S/C20H38N4O2/c1-3-21-19(23-17-20(10-7-11-20)12-16-26-2)22-13-8-15-24-14-6-4-5-9-18(24)25/h3-17H2,1-2H3,(H2,21,22,23). The number of methoxy groups -OCH3 is 1. The van der Waals surface area contributed by atoms with Gasteiger partial charge >= 0.3 is 0 Å². The topological polar surface area (TPSA) is 66.0 Å². The average Bonchev–Trinajstić information content (AvgIpc) is 2.81. The van der Waals surface area contributed by atoms with Crippen molar-refractivity contribution in [3.63, 3.8) is 0 Å². The molecule has 1 aliphatic heterocycles. The minimum absolute atomic E-state index is 0.327. The molecule has 1 aliphatic carbocycles. The van der Waals surface area contributed by atoms with Gasteiger partial charge in [0.2, 0.25) is 5.91 Å². The van der Waals surface area contributed by atoms with Crippen molar-refractivity contribution < 1.29 is 9.53 Å². The fraction of sp³-hybridized carbons (Fsp3) is 0.900. The Labute approximate surface area is 159 Å². The lowest BCUT2D eigenvalue weighted by atomic mass is 9.67. The van der Waals surface area contributed by atoms with Gasteiger partial charge in [0.05, 0.1) is 0 Å². The molecule has 6 nitrogen and oxygen atoms in total. The SMILES string of the molecule is CCNC(=NCC1(CCOC)CCC1)NCCCN1CCCCCC1=O. The van der Waals surface area contributed by atoms with Crippen molar-refractivity contribution in [2.75, 3.05) is 46.4 Å². The summed E-state index contributed by atoms with van der Waals surface area (Å²) >= 11 is 0. The lowest BCUT2D eigenvalue weighted by Crippen LogP contribution is -2.41. The second-order valence-electron chi connectivity index (χ2n) is 7.76. The van der Waals surface area contributed by atoms with Crippen LogP contribution in [0.1, 0.15) is 64.7 Å². The predicted octanol–water partition coefficient (Wildman–Crippen LogP) is 2.54. The van der Waals surface area contributed by atoms with Gasteiger partial charge in [-0.25, -0.2) is 0 Å². The number of carbonyl (C=O) groups excluding carboxylic acids is 1. The summed E-state index contributed by atoms with van der Waals surface area (Å²) in [6.45, 7) is 7.27. The molecule has 2 fully saturated rings. The maximum Gasteiger partial charge on any atom is 0.222 e. The lowest BCUT2D eigenvalue weighted by Gasteiger charge is -2.40. The third-order valence-electron chi connectivity index (χ3n) is 5.74. The Balaban J connectivity index is 1.73. The highest BCUT2D eigenvalue weighted by atomic mass is 16.5. The van der Waals surface area contributed by atoms with Crippen molar-refractivity contribution in [1.29, 1.82) is 0 Å². The molecule has 2 aliphatic rings. The van der Waals surface area contributed by atoms with Gasteiger partial charge in [-0.1, -0.05) is 12.8 Å². The zero-order valence-corrected chi connectivity index (χ0v) is 16.8. The van der Waals surface area contributed by atoms with Crippen LogP contribution < -0.4 is 10.6 Å². The number of nitrogens with zero attached hydrogens (tertiary/aromatic N) is 2. The fourth-order valence-electron chi connectivity index (χ4n) is 3.82. The van der Waals surface area contributed by atoms with Crippen LogP contribution in [0.4, 0.5) is 0 Å². The molecule has 2 N–H and O–H groups in total. The van der Waals surface area contributed by atoms with E-state index < -0.39 is 0 Å². The number of guanidine groups is 1. The van der Waals surface area contributed by atoms with Crippen LogP contribution in [0.2, 0.25) is 0 Å². The fourth-order valence-corrected chi connectivity index (χ4v) is 3.82. The Morgan fingerprint density at radius 1 is 1.23 bits per heavy atom. The number of carbonyl (C=O) groups is 1. The summed E-state index contributed by atoms with van der Waals surface area (Å²) in [6.07, 6.45) is 10.0. The Morgan fingerprint density at radius 2 is 2.08 bits per heavy atom. The van der Waals surface area contributed by atoms with E-state index in [1.165, 1.54) is 25.7 Å². The molecule has 0 aromatic heterocycles. The van der Waals surface area contributed by atoms with Crippen molar-refractivity contribution in [3.05, 3.63) is 0 Å². The molecule has 26 heavy (non-hydrogen) atoms. The van der Waals surface area contributed by atoms with Crippen LogP contribution in [0, 0.1) is 5.41 Å². The van der Waals surface area contributed by atoms with E-state index in [9.17, 15) is 4.79 Å². The number of hydrogen-bond acceptors (Lipinski definition) is 3. The van der Waals surface area contributed by atoms with Gasteiger partial charge in [-0.15, -0.1) is 0 Å². The molecule has 1 saturated carbocycles. The number of amides is 1. The first kappa shape index (κ1) is 21.0. The summed E-state index contributed by atoms with van der Waals surface area (Å²) in [5.74, 6) is 1.23. The van der Waals surface area contributed by atoms with E-state index in [4.69, 9.17) is 9.73 Å². The second kappa shape index (κ2) is 11.4. The van der Waals surface area contributed by atoms with E-state index in [0.29, 0.717) is 11.3 Å². The molecule has 0 spiro atoms. The number of rotatable bonds is 10. The lowest BCUT2D eigenvalue weighted by molar-refractivity contribution is -0.130. The van der Waals surface area contributed by atoms with Crippen molar-refractivity contribution in [2.24, 2.45) is 10.4 Å². The first-order valence-corrected chi connectivity index (χ1v) is 10.5. The maximum atomic E-state index is 12.0. The van der Waals surface area contributed by atoms with Crippen LogP contribution in [0.5, 0.6) is 0 Å². The normalized spacial score (nSPS) is 20.5. The molecule has 0 aromatic carbocycles. The first-order chi connectivity index (χ1) is 12.7. The summed E-state index contributed by atoms with van der Waals surface area (Å²) in [5, 5.41) is 6.78. The minimum Gasteiger partial charge on any atom is -0.385 e. The smallest absolute Gasteiger partial charge is 0.222 e. The molecule has 150 valence electrons. The molecule has 0 aromatic rings. The summed E-state index contributed by atoms with van der Waals surface area (Å²) in [4.78, 5) is 18.9. The molecule has 1 saturated heterocycles. The highest BCUT2D eigenvalue weighted by molar-refractivity contribution is 5.79. The van der Waals surface area contributed by atoms with Crippen LogP contribution in [0.25, 0.3) is 0 Å². The third kappa shape index (κ3) is 6.78. The van der Waals surface area contributed by atoms with E-state index in [0.717, 1.165) is 77.4 Å². The van der Waals surface area contributed by atoms with Gasteiger partial charge in [-0.05, 0) is 50.9 Å². The van der Waals surface area contributed by atoms with Gasteiger partial charge in [0.15, 0.2) is 5.96 Å². The minimum atomic E-state index is 0.327. The van der Waals surface area contributed by atoms with Crippen LogP contribution in [-0.2, 0) is 9.53 Å². The largest absolute Gasteiger partial charge is 0.385 e. The van der Waals surface area contributed by atoms with Gasteiger partial charge in [0, 0.05) is 52.9 Å². The summed E-state index contributed by atoms with van der Waals surface area (Å²) in [6, 6.07) is 0. The van der Waals surface area contributed by atoms with E-state index in [1.54, 1.807) is 7.11 Å². The molecule has 1 heterocycles. The highest BCUT2D eigenvalue weighted by Crippen LogP contribution is 2.44. The second-order valence-corrected chi connectivity index (χ2v) is 7.76. The first-order valence-electron chi connectivity index (χ1n) is 10.5. The molecule has 0 radical (unpaired) electrons. The van der Waals surface area contributed by atoms with Crippen molar-refractivity contribution in [3.8, 4) is 0 Å². The summed E-state index contributed by atoms with van der Waals surface area (Å²) in [7, 11) is 1.77. The summed E-state index contributed by atoms with van der Waals surface area (Å²) < 4.78 is 5.27. The molecule has 0 unspecified atom stereocenters. The number of nitrogens with one attached hydrogen (secondary N) is 2. The third-order valence-corrected chi connectivity index (χ3v) is 5.74. The molecule has 1 amide bonds. The molecule has 6 heteroatoms. The zero-order valence-electron chi connectivity index (χ0n) is 16.8. The Bertz CT molecular complexity index is 449. The molecular formula is C20H38N4O2. The maximum absolute atomic E-state index is 12.0. The average molecular weight is 367 g/mol. The van der Waals surface area contributed by atoms with Gasteiger partial charge < -0.3 is 20.3 Å². The van der Waals surface area contributed by atoms with Crippen molar-refractivity contribution in [1.82, 2.24) is 15.5 Å². The van der Waals surface area contributed by atoms with E-state index in [-0.39, 0.29) is 0 Å². The number of hydrogen-bond donors (Lipinski definition) is 2. The van der Waals surface area contributed by atoms with Crippen molar-refractivity contribution >= 4 is 11.9 Å². The van der Waals surface area contributed by atoms with Crippen molar-refractivity contribution in [2.45, 2.75) is 64.7 Å². The Hall–Kier alpha value is -1.30. The van der Waals surface area contributed by atoms with Gasteiger partial charge in [-0.2, -0.15) is 0 Å². The monoisotopic (exact) mass is 366 g/mol. The number of ether oxygens (including phenoxy) is 1. The zero-order chi connectivity index (χ0) is 18.7. The van der Waals surface area contributed by atoms with Crippen LogP contribution >= 0.6 is 0 Å². The van der Waals surface area contributed by atoms with Crippen LogP contribution in [-0.4, -0.2) is 63.2 Å². The number of likely N-dealkylation sites (tertiary alicyclic amines) is 1. The van der Waals surface area contributed by atoms with Crippen LogP contribution in [0.3, 0.4) is 0 Å². The van der Waals surface area contributed by atoms with E-state index in [1.807, 2.05) is 4.90 Å².